The van der Waals surface area contributed by atoms with E-state index in [4.69, 9.17) is 11.6 Å². The van der Waals surface area contributed by atoms with Crippen molar-refractivity contribution in [2.75, 3.05) is 0 Å². The summed E-state index contributed by atoms with van der Waals surface area (Å²) >= 11 is 6.25. The van der Waals surface area contributed by atoms with Gasteiger partial charge in [-0.15, -0.1) is 11.6 Å². The topological polar surface area (TPSA) is 0 Å². The van der Waals surface area contributed by atoms with E-state index in [1.54, 1.807) is 0 Å². The first kappa shape index (κ1) is 11.0. The molecule has 0 saturated heterocycles. The van der Waals surface area contributed by atoms with E-state index in [2.05, 4.69) is 38.1 Å². The summed E-state index contributed by atoms with van der Waals surface area (Å²) in [6, 6.07) is 8.85. The smallest absolute Gasteiger partial charge is 0.0364 e. The fourth-order valence-electron chi connectivity index (χ4n) is 2.62. The maximum absolute atomic E-state index is 6.25. The van der Waals surface area contributed by atoms with Crippen LogP contribution < -0.4 is 0 Å². The molecule has 1 saturated carbocycles. The Bertz CT molecular complexity index is 332. The second-order valence-electron chi connectivity index (χ2n) is 4.91. The van der Waals surface area contributed by atoms with E-state index in [0.717, 1.165) is 5.92 Å². The number of hydrogen-bond acceptors (Lipinski definition) is 0. The molecule has 1 aromatic carbocycles. The highest BCUT2D eigenvalue weighted by Gasteiger charge is 2.30. The van der Waals surface area contributed by atoms with Crippen LogP contribution in [0.1, 0.15) is 30.9 Å². The van der Waals surface area contributed by atoms with Crippen LogP contribution in [-0.2, 0) is 6.42 Å². The van der Waals surface area contributed by atoms with Crippen molar-refractivity contribution in [2.45, 2.75) is 38.5 Å². The normalized spacial score (nSPS) is 30.7. The van der Waals surface area contributed by atoms with Gasteiger partial charge in [-0.1, -0.05) is 36.8 Å². The first-order valence-corrected chi connectivity index (χ1v) is 6.30. The standard InChI is InChI=1S/C14H19Cl/c1-10-4-3-5-12(8-10)9-13-6-7-14(15)11(13)2/h3-5,8,11,13-14H,6-7,9H2,1-2H3. The van der Waals surface area contributed by atoms with Crippen LogP contribution in [0.2, 0.25) is 0 Å². The summed E-state index contributed by atoms with van der Waals surface area (Å²) in [6.07, 6.45) is 3.69. The average molecular weight is 223 g/mol. The van der Waals surface area contributed by atoms with E-state index in [1.807, 2.05) is 0 Å². The highest BCUT2D eigenvalue weighted by molar-refractivity contribution is 6.20. The molecular formula is C14H19Cl. The molecule has 3 unspecified atom stereocenters. The molecule has 0 radical (unpaired) electrons. The minimum Gasteiger partial charge on any atom is -0.123 e. The van der Waals surface area contributed by atoms with Crippen molar-refractivity contribution in [1.82, 2.24) is 0 Å². The third kappa shape index (κ3) is 2.55. The Morgan fingerprint density at radius 2 is 2.13 bits per heavy atom. The fourth-order valence-corrected chi connectivity index (χ4v) is 2.96. The van der Waals surface area contributed by atoms with Gasteiger partial charge in [0.2, 0.25) is 0 Å². The first-order chi connectivity index (χ1) is 7.16. The van der Waals surface area contributed by atoms with E-state index >= 15 is 0 Å². The quantitative estimate of drug-likeness (QED) is 0.659. The summed E-state index contributed by atoms with van der Waals surface area (Å²) in [5, 5.41) is 0.403. The lowest BCUT2D eigenvalue weighted by Crippen LogP contribution is -2.13. The maximum atomic E-state index is 6.25. The molecule has 0 aliphatic heterocycles. The molecule has 1 fully saturated rings. The van der Waals surface area contributed by atoms with Crippen LogP contribution in [0, 0.1) is 18.8 Å². The highest BCUT2D eigenvalue weighted by Crippen LogP contribution is 2.37. The minimum absolute atomic E-state index is 0.403. The van der Waals surface area contributed by atoms with Crippen LogP contribution >= 0.6 is 11.6 Å². The van der Waals surface area contributed by atoms with Crippen molar-refractivity contribution >= 4 is 11.6 Å². The van der Waals surface area contributed by atoms with Crippen LogP contribution in [-0.4, -0.2) is 5.38 Å². The third-order valence-corrected chi connectivity index (χ3v) is 4.32. The number of rotatable bonds is 2. The van der Waals surface area contributed by atoms with E-state index in [1.165, 1.54) is 30.4 Å². The van der Waals surface area contributed by atoms with Gasteiger partial charge in [-0.05, 0) is 43.6 Å². The van der Waals surface area contributed by atoms with Gasteiger partial charge in [0.25, 0.3) is 0 Å². The van der Waals surface area contributed by atoms with Gasteiger partial charge in [0.15, 0.2) is 0 Å². The Balaban J connectivity index is 2.03. The van der Waals surface area contributed by atoms with Crippen molar-refractivity contribution in [3.63, 3.8) is 0 Å². The summed E-state index contributed by atoms with van der Waals surface area (Å²) in [5.74, 6) is 1.46. The van der Waals surface area contributed by atoms with Crippen molar-refractivity contribution in [3.05, 3.63) is 35.4 Å². The molecule has 1 aromatic rings. The Morgan fingerprint density at radius 3 is 2.73 bits per heavy atom. The van der Waals surface area contributed by atoms with Gasteiger partial charge < -0.3 is 0 Å². The summed E-state index contributed by atoms with van der Waals surface area (Å²) in [5.41, 5.74) is 2.83. The molecule has 0 nitrogen and oxygen atoms in total. The Morgan fingerprint density at radius 1 is 1.33 bits per heavy atom. The first-order valence-electron chi connectivity index (χ1n) is 5.86. The second-order valence-corrected chi connectivity index (χ2v) is 5.47. The lowest BCUT2D eigenvalue weighted by Gasteiger charge is -2.17. The predicted octanol–water partition coefficient (Wildman–Crippen LogP) is 4.19. The zero-order chi connectivity index (χ0) is 10.8. The molecule has 0 heterocycles. The monoisotopic (exact) mass is 222 g/mol. The van der Waals surface area contributed by atoms with Gasteiger partial charge in [0, 0.05) is 5.38 Å². The van der Waals surface area contributed by atoms with Crippen LogP contribution in [0.3, 0.4) is 0 Å². The molecule has 3 atom stereocenters. The molecule has 0 aromatic heterocycles. The van der Waals surface area contributed by atoms with Crippen molar-refractivity contribution in [1.29, 1.82) is 0 Å². The zero-order valence-electron chi connectivity index (χ0n) is 9.54. The molecule has 1 heteroatoms. The fraction of sp³-hybridized carbons (Fsp3) is 0.571. The second kappa shape index (κ2) is 4.57. The van der Waals surface area contributed by atoms with Gasteiger partial charge in [0.05, 0.1) is 0 Å². The number of benzene rings is 1. The number of halogens is 1. The molecule has 1 aliphatic carbocycles. The Hall–Kier alpha value is -0.490. The molecule has 15 heavy (non-hydrogen) atoms. The van der Waals surface area contributed by atoms with Crippen molar-refractivity contribution < 1.29 is 0 Å². The largest absolute Gasteiger partial charge is 0.123 e. The molecule has 0 bridgehead atoms. The van der Waals surface area contributed by atoms with Gasteiger partial charge in [0.1, 0.15) is 0 Å². The number of aryl methyl sites for hydroxylation is 1. The van der Waals surface area contributed by atoms with Crippen LogP contribution in [0.5, 0.6) is 0 Å². The van der Waals surface area contributed by atoms with E-state index in [0.29, 0.717) is 11.3 Å². The van der Waals surface area contributed by atoms with Crippen LogP contribution in [0.25, 0.3) is 0 Å². The van der Waals surface area contributed by atoms with Gasteiger partial charge in [-0.2, -0.15) is 0 Å². The molecule has 2 rings (SSSR count). The number of alkyl halides is 1. The van der Waals surface area contributed by atoms with Gasteiger partial charge in [-0.3, -0.25) is 0 Å². The van der Waals surface area contributed by atoms with Gasteiger partial charge >= 0.3 is 0 Å². The van der Waals surface area contributed by atoms with Crippen molar-refractivity contribution in [2.24, 2.45) is 11.8 Å². The summed E-state index contributed by atoms with van der Waals surface area (Å²) < 4.78 is 0. The predicted molar refractivity (Wildman–Crippen MR) is 66.4 cm³/mol. The lowest BCUT2D eigenvalue weighted by molar-refractivity contribution is 0.420. The third-order valence-electron chi connectivity index (χ3n) is 3.71. The zero-order valence-corrected chi connectivity index (χ0v) is 10.3. The van der Waals surface area contributed by atoms with E-state index in [-0.39, 0.29) is 0 Å². The highest BCUT2D eigenvalue weighted by atomic mass is 35.5. The molecular weight excluding hydrogens is 204 g/mol. The molecule has 0 amide bonds. The SMILES string of the molecule is Cc1cccc(CC2CCC(Cl)C2C)c1. The van der Waals surface area contributed by atoms with Crippen molar-refractivity contribution in [3.8, 4) is 0 Å². The van der Waals surface area contributed by atoms with Crippen LogP contribution in [0.15, 0.2) is 24.3 Å². The molecule has 1 aliphatic rings. The molecule has 0 spiro atoms. The summed E-state index contributed by atoms with van der Waals surface area (Å²) in [7, 11) is 0. The Kier molecular flexibility index (Phi) is 3.35. The molecule has 0 N–H and O–H groups in total. The van der Waals surface area contributed by atoms with E-state index in [9.17, 15) is 0 Å². The number of hydrogen-bond donors (Lipinski definition) is 0. The maximum Gasteiger partial charge on any atom is 0.0364 e. The lowest BCUT2D eigenvalue weighted by atomic mass is 9.90. The minimum atomic E-state index is 0.403. The average Bonchev–Trinajstić information content (AvgIpc) is 2.50. The van der Waals surface area contributed by atoms with E-state index < -0.39 is 0 Å². The van der Waals surface area contributed by atoms with Crippen LogP contribution in [0.4, 0.5) is 0 Å². The van der Waals surface area contributed by atoms with Gasteiger partial charge in [-0.25, -0.2) is 0 Å². The Labute approximate surface area is 97.6 Å². The summed E-state index contributed by atoms with van der Waals surface area (Å²) in [6.45, 7) is 4.46. The summed E-state index contributed by atoms with van der Waals surface area (Å²) in [4.78, 5) is 0. The molecule has 82 valence electrons.